The zero-order chi connectivity index (χ0) is 15.5. The van der Waals surface area contributed by atoms with Crippen molar-refractivity contribution in [3.8, 4) is 0 Å². The van der Waals surface area contributed by atoms with Gasteiger partial charge in [0.05, 0.1) is 0 Å². The molecule has 0 unspecified atom stereocenters. The number of carbonyl (C=O) groups is 2. The number of imidazole rings is 1. The quantitative estimate of drug-likeness (QED) is 0.761. The maximum Gasteiger partial charge on any atom is 0.271 e. The first-order valence-electron chi connectivity index (χ1n) is 6.74. The van der Waals surface area contributed by atoms with Gasteiger partial charge in [0.1, 0.15) is 11.3 Å². The molecule has 0 saturated carbocycles. The van der Waals surface area contributed by atoms with Crippen LogP contribution in [0.25, 0.3) is 5.65 Å². The van der Waals surface area contributed by atoms with E-state index in [1.807, 2.05) is 24.4 Å². The Balaban J connectivity index is 1.67. The summed E-state index contributed by atoms with van der Waals surface area (Å²) < 4.78 is 1.79. The van der Waals surface area contributed by atoms with Crippen LogP contribution in [0.5, 0.6) is 0 Å². The van der Waals surface area contributed by atoms with Crippen LogP contribution in [-0.4, -0.2) is 21.2 Å². The van der Waals surface area contributed by atoms with Crippen LogP contribution < -0.4 is 11.1 Å². The Morgan fingerprint density at radius 3 is 2.59 bits per heavy atom. The van der Waals surface area contributed by atoms with Gasteiger partial charge in [-0.05, 0) is 29.8 Å². The lowest BCUT2D eigenvalue weighted by Gasteiger charge is -2.04. The Hall–Kier alpha value is -3.15. The molecular weight excluding hydrogens is 280 g/mol. The van der Waals surface area contributed by atoms with Crippen molar-refractivity contribution in [2.75, 3.05) is 0 Å². The molecule has 0 fully saturated rings. The minimum atomic E-state index is -0.472. The molecule has 3 N–H and O–H groups in total. The summed E-state index contributed by atoms with van der Waals surface area (Å²) in [5.41, 5.74) is 7.58. The number of hydrogen-bond acceptors (Lipinski definition) is 3. The van der Waals surface area contributed by atoms with Crippen LogP contribution in [0.4, 0.5) is 0 Å². The summed E-state index contributed by atoms with van der Waals surface area (Å²) in [4.78, 5) is 27.3. The van der Waals surface area contributed by atoms with Crippen molar-refractivity contribution in [3.63, 3.8) is 0 Å². The number of nitrogens with one attached hydrogen (secondary N) is 1. The first-order valence-corrected chi connectivity index (χ1v) is 6.74. The number of hydrogen-bond donors (Lipinski definition) is 2. The van der Waals surface area contributed by atoms with Crippen LogP contribution >= 0.6 is 0 Å². The van der Waals surface area contributed by atoms with Crippen LogP contribution in [0.1, 0.15) is 26.4 Å². The zero-order valence-electron chi connectivity index (χ0n) is 11.7. The molecule has 3 rings (SSSR count). The van der Waals surface area contributed by atoms with Gasteiger partial charge in [0.25, 0.3) is 5.91 Å². The highest BCUT2D eigenvalue weighted by atomic mass is 16.2. The van der Waals surface area contributed by atoms with E-state index in [0.29, 0.717) is 17.8 Å². The average Bonchev–Trinajstić information content (AvgIpc) is 2.97. The van der Waals surface area contributed by atoms with E-state index in [0.717, 1.165) is 11.2 Å². The predicted molar refractivity (Wildman–Crippen MR) is 81.3 cm³/mol. The maximum atomic E-state index is 12.1. The maximum absolute atomic E-state index is 12.1. The minimum absolute atomic E-state index is 0.248. The van der Waals surface area contributed by atoms with E-state index < -0.39 is 5.91 Å². The number of pyridine rings is 1. The molecule has 3 aromatic rings. The van der Waals surface area contributed by atoms with E-state index in [9.17, 15) is 9.59 Å². The number of primary amides is 1. The van der Waals surface area contributed by atoms with E-state index in [1.54, 1.807) is 34.9 Å². The van der Waals surface area contributed by atoms with Gasteiger partial charge < -0.3 is 15.5 Å². The van der Waals surface area contributed by atoms with Gasteiger partial charge in [0.2, 0.25) is 5.91 Å². The van der Waals surface area contributed by atoms with Gasteiger partial charge in [0, 0.05) is 24.5 Å². The Kier molecular flexibility index (Phi) is 3.57. The van der Waals surface area contributed by atoms with Crippen molar-refractivity contribution in [1.29, 1.82) is 0 Å². The molecule has 0 aliphatic carbocycles. The van der Waals surface area contributed by atoms with E-state index in [-0.39, 0.29) is 5.91 Å². The Bertz CT molecular complexity index is 804. The summed E-state index contributed by atoms with van der Waals surface area (Å²) in [6.45, 7) is 0.353. The molecule has 110 valence electrons. The van der Waals surface area contributed by atoms with Crippen molar-refractivity contribution < 1.29 is 9.59 Å². The van der Waals surface area contributed by atoms with Gasteiger partial charge in [-0.3, -0.25) is 9.59 Å². The summed E-state index contributed by atoms with van der Waals surface area (Å²) in [6.07, 6.45) is 3.52. The monoisotopic (exact) mass is 294 g/mol. The molecule has 0 spiro atoms. The second kappa shape index (κ2) is 5.69. The zero-order valence-corrected chi connectivity index (χ0v) is 11.7. The molecular formula is C16H14N4O2. The third kappa shape index (κ3) is 2.80. The third-order valence-electron chi connectivity index (χ3n) is 3.29. The van der Waals surface area contributed by atoms with E-state index in [1.165, 1.54) is 0 Å². The van der Waals surface area contributed by atoms with Gasteiger partial charge in [-0.1, -0.05) is 18.2 Å². The normalized spacial score (nSPS) is 10.5. The number of benzene rings is 1. The Morgan fingerprint density at radius 2 is 1.91 bits per heavy atom. The fourth-order valence-corrected chi connectivity index (χ4v) is 2.10. The summed E-state index contributed by atoms with van der Waals surface area (Å²) in [5, 5.41) is 2.79. The summed E-state index contributed by atoms with van der Waals surface area (Å²) in [7, 11) is 0. The SMILES string of the molecule is NC(=O)c1ccc(CNC(=O)c2cn3ccccc3n2)cc1. The van der Waals surface area contributed by atoms with Gasteiger partial charge in [-0.2, -0.15) is 0 Å². The van der Waals surface area contributed by atoms with Crippen molar-refractivity contribution in [3.05, 3.63) is 71.7 Å². The third-order valence-corrected chi connectivity index (χ3v) is 3.29. The Morgan fingerprint density at radius 1 is 1.14 bits per heavy atom. The second-order valence-electron chi connectivity index (χ2n) is 4.84. The fourth-order valence-electron chi connectivity index (χ4n) is 2.10. The highest BCUT2D eigenvalue weighted by molar-refractivity contribution is 5.93. The van der Waals surface area contributed by atoms with Gasteiger partial charge >= 0.3 is 0 Å². The highest BCUT2D eigenvalue weighted by Crippen LogP contribution is 2.06. The molecule has 0 radical (unpaired) electrons. The lowest BCUT2D eigenvalue weighted by molar-refractivity contribution is 0.0945. The van der Waals surface area contributed by atoms with E-state index in [4.69, 9.17) is 5.73 Å². The van der Waals surface area contributed by atoms with Crippen LogP contribution in [0.2, 0.25) is 0 Å². The van der Waals surface area contributed by atoms with E-state index >= 15 is 0 Å². The van der Waals surface area contributed by atoms with Crippen molar-refractivity contribution >= 4 is 17.5 Å². The van der Waals surface area contributed by atoms with Crippen molar-refractivity contribution in [2.24, 2.45) is 5.73 Å². The largest absolute Gasteiger partial charge is 0.366 e. The fraction of sp³-hybridized carbons (Fsp3) is 0.0625. The summed E-state index contributed by atoms with van der Waals surface area (Å²) >= 11 is 0. The topological polar surface area (TPSA) is 89.5 Å². The van der Waals surface area contributed by atoms with Gasteiger partial charge in [-0.25, -0.2) is 4.98 Å². The number of fused-ring (bicyclic) bond motifs is 1. The first kappa shape index (κ1) is 13.8. The number of carbonyl (C=O) groups excluding carboxylic acids is 2. The number of nitrogens with zero attached hydrogens (tertiary/aromatic N) is 2. The van der Waals surface area contributed by atoms with E-state index in [2.05, 4.69) is 10.3 Å². The van der Waals surface area contributed by atoms with Crippen LogP contribution in [0.3, 0.4) is 0 Å². The first-order chi connectivity index (χ1) is 10.6. The summed E-state index contributed by atoms with van der Waals surface area (Å²) in [5.74, 6) is -0.719. The molecule has 1 aromatic carbocycles. The number of rotatable bonds is 4. The molecule has 22 heavy (non-hydrogen) atoms. The lowest BCUT2D eigenvalue weighted by Crippen LogP contribution is -2.23. The number of aromatic nitrogens is 2. The molecule has 2 heterocycles. The molecule has 2 aromatic heterocycles. The van der Waals surface area contributed by atoms with Crippen LogP contribution in [0, 0.1) is 0 Å². The minimum Gasteiger partial charge on any atom is -0.366 e. The highest BCUT2D eigenvalue weighted by Gasteiger charge is 2.10. The number of amides is 2. The molecule has 0 aliphatic rings. The second-order valence-corrected chi connectivity index (χ2v) is 4.84. The van der Waals surface area contributed by atoms with Crippen LogP contribution in [-0.2, 0) is 6.54 Å². The summed E-state index contributed by atoms with van der Waals surface area (Å²) in [6, 6.07) is 12.3. The molecule has 2 amide bonds. The van der Waals surface area contributed by atoms with Crippen molar-refractivity contribution in [2.45, 2.75) is 6.54 Å². The molecule has 6 heteroatoms. The molecule has 0 saturated heterocycles. The Labute approximate surface area is 126 Å². The molecule has 6 nitrogen and oxygen atoms in total. The average molecular weight is 294 g/mol. The van der Waals surface area contributed by atoms with Crippen LogP contribution in [0.15, 0.2) is 54.9 Å². The molecule has 0 atom stereocenters. The van der Waals surface area contributed by atoms with Crippen molar-refractivity contribution in [1.82, 2.24) is 14.7 Å². The smallest absolute Gasteiger partial charge is 0.271 e. The predicted octanol–water partition coefficient (Wildman–Crippen LogP) is 1.36. The number of nitrogens with two attached hydrogens (primary N) is 1. The lowest BCUT2D eigenvalue weighted by atomic mass is 10.1. The molecule has 0 aliphatic heterocycles. The van der Waals surface area contributed by atoms with Gasteiger partial charge in [-0.15, -0.1) is 0 Å². The standard InChI is InChI=1S/C16H14N4O2/c17-15(21)12-6-4-11(5-7-12)9-18-16(22)13-10-20-8-2-1-3-14(20)19-13/h1-8,10H,9H2,(H2,17,21)(H,18,22). The molecule has 0 bridgehead atoms. The van der Waals surface area contributed by atoms with Gasteiger partial charge in [0.15, 0.2) is 0 Å².